The number of nitrogens with zero attached hydrogens (tertiary/aromatic N) is 4. The third kappa shape index (κ3) is 5.56. The molecule has 0 bridgehead atoms. The quantitative estimate of drug-likeness (QED) is 0.271. The van der Waals surface area contributed by atoms with E-state index in [9.17, 15) is 9.59 Å². The number of nitrogens with one attached hydrogen (secondary N) is 2. The summed E-state index contributed by atoms with van der Waals surface area (Å²) >= 11 is 1.59. The summed E-state index contributed by atoms with van der Waals surface area (Å²) in [6, 6.07) is 6.56. The van der Waals surface area contributed by atoms with E-state index in [4.69, 9.17) is 4.74 Å². The van der Waals surface area contributed by atoms with Crippen molar-refractivity contribution in [3.8, 4) is 0 Å². The maximum atomic E-state index is 12.6. The average Bonchev–Trinajstić information content (AvgIpc) is 3.19. The Morgan fingerprint density at radius 2 is 1.91 bits per heavy atom. The molecule has 1 amide bonds. The monoisotopic (exact) mass is 456 g/mol. The lowest BCUT2D eigenvalue weighted by atomic mass is 10.1. The fourth-order valence-corrected chi connectivity index (χ4v) is 3.79. The number of rotatable bonds is 10. The number of ether oxygens (including phenoxy) is 1. The van der Waals surface area contributed by atoms with Crippen LogP contribution in [0.2, 0.25) is 0 Å². The van der Waals surface area contributed by atoms with E-state index in [1.165, 1.54) is 7.11 Å². The van der Waals surface area contributed by atoms with Crippen molar-refractivity contribution < 1.29 is 14.3 Å². The summed E-state index contributed by atoms with van der Waals surface area (Å²) < 4.78 is 6.52. The van der Waals surface area contributed by atoms with Crippen molar-refractivity contribution in [2.24, 2.45) is 0 Å². The number of carbonyl (C=O) groups excluding carboxylic acids is 2. The molecule has 0 atom stereocenters. The van der Waals surface area contributed by atoms with Gasteiger partial charge >= 0.3 is 5.97 Å². The largest absolute Gasteiger partial charge is 0.465 e. The maximum Gasteiger partial charge on any atom is 0.338 e. The lowest BCUT2D eigenvalue weighted by Crippen LogP contribution is -2.29. The van der Waals surface area contributed by atoms with E-state index >= 15 is 0 Å². The van der Waals surface area contributed by atoms with Crippen molar-refractivity contribution >= 4 is 40.5 Å². The van der Waals surface area contributed by atoms with Crippen molar-refractivity contribution in [1.29, 1.82) is 0 Å². The van der Waals surface area contributed by atoms with E-state index in [1.54, 1.807) is 46.9 Å². The van der Waals surface area contributed by atoms with Crippen LogP contribution in [0.4, 0.5) is 5.82 Å². The highest BCUT2D eigenvalue weighted by Gasteiger charge is 2.17. The second-order valence-electron chi connectivity index (χ2n) is 7.35. The van der Waals surface area contributed by atoms with Crippen LogP contribution in [0.1, 0.15) is 47.9 Å². The van der Waals surface area contributed by atoms with Gasteiger partial charge in [-0.05, 0) is 18.6 Å². The van der Waals surface area contributed by atoms with Crippen molar-refractivity contribution in [2.75, 3.05) is 25.5 Å². The Morgan fingerprint density at radius 1 is 1.16 bits per heavy atom. The zero-order valence-electron chi connectivity index (χ0n) is 18.7. The maximum absolute atomic E-state index is 12.6. The van der Waals surface area contributed by atoms with Crippen LogP contribution in [0.3, 0.4) is 0 Å². The molecule has 0 radical (unpaired) electrons. The van der Waals surface area contributed by atoms with Crippen LogP contribution < -0.4 is 10.6 Å². The van der Waals surface area contributed by atoms with Gasteiger partial charge in [-0.15, -0.1) is 0 Å². The second-order valence-corrected chi connectivity index (χ2v) is 8.89. The van der Waals surface area contributed by atoms with Gasteiger partial charge in [0.05, 0.1) is 36.4 Å². The number of methoxy groups -OCH3 is 1. The van der Waals surface area contributed by atoms with E-state index in [2.05, 4.69) is 46.5 Å². The Balaban J connectivity index is 1.77. The third-order valence-corrected chi connectivity index (χ3v) is 5.41. The Bertz CT molecular complexity index is 1100. The molecule has 0 fully saturated rings. The zero-order valence-corrected chi connectivity index (χ0v) is 19.5. The molecule has 0 saturated heterocycles. The molecular weight excluding hydrogens is 428 g/mol. The molecule has 0 unspecified atom stereocenters. The van der Waals surface area contributed by atoms with Gasteiger partial charge in [-0.1, -0.05) is 44.7 Å². The first-order valence-electron chi connectivity index (χ1n) is 10.5. The topological polar surface area (TPSA) is 111 Å². The Labute approximate surface area is 191 Å². The molecule has 2 aromatic heterocycles. The number of hydrogen-bond donors (Lipinski definition) is 2. The molecule has 32 heavy (non-hydrogen) atoms. The van der Waals surface area contributed by atoms with E-state index in [1.807, 2.05) is 0 Å². The van der Waals surface area contributed by atoms with Gasteiger partial charge in [0.25, 0.3) is 5.91 Å². The predicted molar refractivity (Wildman–Crippen MR) is 125 cm³/mol. The molecule has 0 saturated carbocycles. The summed E-state index contributed by atoms with van der Waals surface area (Å²) in [5, 5.41) is 12.5. The first-order chi connectivity index (χ1) is 15.4. The molecule has 1 aromatic carbocycles. The number of amides is 1. The number of benzene rings is 1. The Morgan fingerprint density at radius 3 is 2.59 bits per heavy atom. The minimum absolute atomic E-state index is 0.228. The first kappa shape index (κ1) is 23.5. The van der Waals surface area contributed by atoms with Crippen LogP contribution in [0.15, 0.2) is 35.6 Å². The molecule has 2 heterocycles. The summed E-state index contributed by atoms with van der Waals surface area (Å²) in [5.74, 6) is -0.131. The van der Waals surface area contributed by atoms with E-state index in [-0.39, 0.29) is 17.0 Å². The standard InChI is InChI=1S/C22H28N6O3S/c1-5-10-23-18-17-13-25-28(19(17)27-22(26-18)32-14(2)3)12-11-24-20(29)15-8-6-7-9-16(15)21(30)31-4/h6-9,13-14H,5,10-12H2,1-4H3,(H,24,29)(H,23,26,27). The summed E-state index contributed by atoms with van der Waals surface area (Å²) in [5.41, 5.74) is 1.21. The predicted octanol–water partition coefficient (Wildman–Crippen LogP) is 3.37. The molecule has 170 valence electrons. The highest BCUT2D eigenvalue weighted by molar-refractivity contribution is 7.99. The molecule has 3 aromatic rings. The van der Waals surface area contributed by atoms with Gasteiger partial charge in [0.15, 0.2) is 10.8 Å². The molecule has 10 heteroatoms. The van der Waals surface area contributed by atoms with Gasteiger partial charge in [-0.25, -0.2) is 19.4 Å². The zero-order chi connectivity index (χ0) is 23.1. The number of fused-ring (bicyclic) bond motifs is 1. The second kappa shape index (κ2) is 10.9. The highest BCUT2D eigenvalue weighted by Crippen LogP contribution is 2.26. The lowest BCUT2D eigenvalue weighted by Gasteiger charge is -2.11. The van der Waals surface area contributed by atoms with Gasteiger partial charge in [-0.2, -0.15) is 5.10 Å². The fourth-order valence-electron chi connectivity index (χ4n) is 3.08. The van der Waals surface area contributed by atoms with Crippen molar-refractivity contribution in [3.05, 3.63) is 41.6 Å². The number of hydrogen-bond acceptors (Lipinski definition) is 8. The van der Waals surface area contributed by atoms with Crippen molar-refractivity contribution in [2.45, 2.75) is 44.1 Å². The average molecular weight is 457 g/mol. The minimum Gasteiger partial charge on any atom is -0.465 e. The highest BCUT2D eigenvalue weighted by atomic mass is 32.2. The molecular formula is C22H28N6O3S. The van der Waals surface area contributed by atoms with Gasteiger partial charge in [0.2, 0.25) is 0 Å². The third-order valence-electron chi connectivity index (χ3n) is 4.55. The lowest BCUT2D eigenvalue weighted by molar-refractivity contribution is 0.0596. The van der Waals surface area contributed by atoms with Crippen LogP contribution in [0.25, 0.3) is 11.0 Å². The van der Waals surface area contributed by atoms with Crippen LogP contribution in [-0.2, 0) is 11.3 Å². The molecule has 0 spiro atoms. The fraction of sp³-hybridized carbons (Fsp3) is 0.409. The van der Waals surface area contributed by atoms with Gasteiger partial charge < -0.3 is 15.4 Å². The first-order valence-corrected chi connectivity index (χ1v) is 11.4. The van der Waals surface area contributed by atoms with E-state index in [0.29, 0.717) is 29.1 Å². The smallest absolute Gasteiger partial charge is 0.338 e. The molecule has 0 aliphatic heterocycles. The molecule has 0 aliphatic carbocycles. The van der Waals surface area contributed by atoms with Crippen molar-refractivity contribution in [3.63, 3.8) is 0 Å². The molecule has 2 N–H and O–H groups in total. The summed E-state index contributed by atoms with van der Waals surface area (Å²) in [6.45, 7) is 7.83. The Kier molecular flexibility index (Phi) is 8.04. The molecule has 9 nitrogen and oxygen atoms in total. The molecule has 3 rings (SSSR count). The Hall–Kier alpha value is -3.14. The number of anilines is 1. The summed E-state index contributed by atoms with van der Waals surface area (Å²) in [6.07, 6.45) is 2.72. The number of carbonyl (C=O) groups is 2. The van der Waals surface area contributed by atoms with Gasteiger partial charge in [0, 0.05) is 18.3 Å². The van der Waals surface area contributed by atoms with Crippen LogP contribution >= 0.6 is 11.8 Å². The van der Waals surface area contributed by atoms with E-state index < -0.39 is 5.97 Å². The number of esters is 1. The SMILES string of the molecule is CCCNc1nc(SC(C)C)nc2c1cnn2CCNC(=O)c1ccccc1C(=O)OC. The number of thioether (sulfide) groups is 1. The number of aromatic nitrogens is 4. The molecule has 0 aliphatic rings. The minimum atomic E-state index is -0.548. The van der Waals surface area contributed by atoms with Gasteiger partial charge in [-0.3, -0.25) is 4.79 Å². The summed E-state index contributed by atoms with van der Waals surface area (Å²) in [4.78, 5) is 33.9. The van der Waals surface area contributed by atoms with Crippen LogP contribution in [-0.4, -0.2) is 57.1 Å². The summed E-state index contributed by atoms with van der Waals surface area (Å²) in [7, 11) is 1.29. The van der Waals surface area contributed by atoms with Crippen molar-refractivity contribution in [1.82, 2.24) is 25.1 Å². The normalized spacial score (nSPS) is 11.0. The van der Waals surface area contributed by atoms with Crippen LogP contribution in [0, 0.1) is 0 Å². The van der Waals surface area contributed by atoms with E-state index in [0.717, 1.165) is 24.2 Å². The van der Waals surface area contributed by atoms with Gasteiger partial charge in [0.1, 0.15) is 5.82 Å². The van der Waals surface area contributed by atoms with Crippen LogP contribution in [0.5, 0.6) is 0 Å².